The average Bonchev–Trinajstić information content (AvgIpc) is 2.52. The van der Waals surface area contributed by atoms with E-state index in [1.807, 2.05) is 0 Å². The smallest absolute Gasteiger partial charge is 0.335 e. The fourth-order valence-electron chi connectivity index (χ4n) is 1.44. The van der Waals surface area contributed by atoms with Gasteiger partial charge in [-0.05, 0) is 25.0 Å². The lowest BCUT2D eigenvalue weighted by molar-refractivity contribution is 0.0695. The van der Waals surface area contributed by atoms with Gasteiger partial charge in [0.2, 0.25) is 0 Å². The summed E-state index contributed by atoms with van der Waals surface area (Å²) in [4.78, 5) is 10.3. The molecular weight excluding hydrogens is 308 g/mol. The molecule has 8 nitrogen and oxygen atoms in total. The van der Waals surface area contributed by atoms with Crippen LogP contribution in [0.1, 0.15) is 23.2 Å². The highest BCUT2D eigenvalue weighted by Gasteiger charge is 2.11. The predicted molar refractivity (Wildman–Crippen MR) is 82.2 cm³/mol. The molecule has 0 amide bonds. The molecule has 0 fully saturated rings. The van der Waals surface area contributed by atoms with Gasteiger partial charge in [0.05, 0.1) is 5.56 Å². The molecule has 0 aliphatic rings. The highest BCUT2D eigenvalue weighted by Crippen LogP contribution is 2.35. The SMILES string of the molecule is COCCCOCCCOC.O=C(O)c1cc(O)c(O)c(O)c1. The van der Waals surface area contributed by atoms with Crippen LogP contribution in [-0.4, -0.2) is 67.0 Å². The number of phenolic OH excluding ortho intramolecular Hbond substituents is 3. The summed E-state index contributed by atoms with van der Waals surface area (Å²) < 4.78 is 15.0. The van der Waals surface area contributed by atoms with E-state index in [1.54, 1.807) is 14.2 Å². The number of methoxy groups -OCH3 is 2. The molecule has 0 radical (unpaired) electrons. The molecule has 0 unspecified atom stereocenters. The number of carbonyl (C=O) groups is 1. The van der Waals surface area contributed by atoms with Crippen LogP contribution in [0.3, 0.4) is 0 Å². The first-order chi connectivity index (χ1) is 10.9. The van der Waals surface area contributed by atoms with E-state index in [4.69, 9.17) is 34.6 Å². The zero-order chi connectivity index (χ0) is 17.7. The van der Waals surface area contributed by atoms with Gasteiger partial charge in [-0.15, -0.1) is 0 Å². The molecule has 23 heavy (non-hydrogen) atoms. The third-order valence-electron chi connectivity index (χ3n) is 2.59. The highest BCUT2D eigenvalue weighted by atomic mass is 16.5. The molecule has 0 aliphatic carbocycles. The van der Waals surface area contributed by atoms with Crippen molar-refractivity contribution < 1.29 is 39.4 Å². The predicted octanol–water partition coefficient (Wildman–Crippen LogP) is 1.58. The molecule has 0 saturated carbocycles. The first kappa shape index (κ1) is 21.0. The minimum Gasteiger partial charge on any atom is -0.504 e. The van der Waals surface area contributed by atoms with Gasteiger partial charge in [0.15, 0.2) is 17.2 Å². The molecule has 132 valence electrons. The third-order valence-corrected chi connectivity index (χ3v) is 2.59. The van der Waals surface area contributed by atoms with Crippen LogP contribution in [0.25, 0.3) is 0 Å². The van der Waals surface area contributed by atoms with Crippen molar-refractivity contribution in [2.45, 2.75) is 12.8 Å². The van der Waals surface area contributed by atoms with Gasteiger partial charge in [-0.2, -0.15) is 0 Å². The van der Waals surface area contributed by atoms with E-state index < -0.39 is 23.2 Å². The number of phenols is 3. The molecule has 8 heteroatoms. The number of carboxylic acid groups (broad SMARTS) is 1. The Morgan fingerprint density at radius 1 is 0.913 bits per heavy atom. The van der Waals surface area contributed by atoms with Crippen molar-refractivity contribution in [1.29, 1.82) is 0 Å². The first-order valence-electron chi connectivity index (χ1n) is 6.97. The summed E-state index contributed by atoms with van der Waals surface area (Å²) >= 11 is 0. The van der Waals surface area contributed by atoms with Crippen molar-refractivity contribution in [1.82, 2.24) is 0 Å². The van der Waals surface area contributed by atoms with E-state index in [0.29, 0.717) is 0 Å². The van der Waals surface area contributed by atoms with Gasteiger partial charge in [-0.1, -0.05) is 0 Å². The molecule has 1 aromatic rings. The third kappa shape index (κ3) is 9.56. The monoisotopic (exact) mass is 332 g/mol. The van der Waals surface area contributed by atoms with Crippen LogP contribution in [-0.2, 0) is 14.2 Å². The quantitative estimate of drug-likeness (QED) is 0.397. The summed E-state index contributed by atoms with van der Waals surface area (Å²) in [5.41, 5.74) is -0.289. The maximum Gasteiger partial charge on any atom is 0.335 e. The molecule has 0 saturated heterocycles. The zero-order valence-corrected chi connectivity index (χ0v) is 13.3. The Kier molecular flexibility index (Phi) is 11.4. The summed E-state index contributed by atoms with van der Waals surface area (Å²) in [7, 11) is 3.40. The minimum absolute atomic E-state index is 0.289. The van der Waals surface area contributed by atoms with Gasteiger partial charge < -0.3 is 34.6 Å². The molecule has 0 heterocycles. The maximum atomic E-state index is 10.3. The molecule has 1 rings (SSSR count). The van der Waals surface area contributed by atoms with Gasteiger partial charge in [-0.3, -0.25) is 0 Å². The van der Waals surface area contributed by atoms with E-state index in [2.05, 4.69) is 0 Å². The average molecular weight is 332 g/mol. The lowest BCUT2D eigenvalue weighted by Crippen LogP contribution is -2.02. The lowest BCUT2D eigenvalue weighted by Gasteiger charge is -2.02. The molecule has 0 bridgehead atoms. The number of hydrogen-bond donors (Lipinski definition) is 4. The van der Waals surface area contributed by atoms with Crippen molar-refractivity contribution in [2.75, 3.05) is 40.6 Å². The van der Waals surface area contributed by atoms with Crippen LogP contribution in [0.5, 0.6) is 17.2 Å². The summed E-state index contributed by atoms with van der Waals surface area (Å²) in [5.74, 6) is -3.33. The summed E-state index contributed by atoms with van der Waals surface area (Å²) in [6, 6.07) is 1.69. The second-order valence-corrected chi connectivity index (χ2v) is 4.47. The van der Waals surface area contributed by atoms with E-state index in [0.717, 1.165) is 51.4 Å². The maximum absolute atomic E-state index is 10.3. The fraction of sp³-hybridized carbons (Fsp3) is 0.533. The van der Waals surface area contributed by atoms with Crippen LogP contribution in [0.15, 0.2) is 12.1 Å². The summed E-state index contributed by atoms with van der Waals surface area (Å²) in [6.07, 6.45) is 1.95. The van der Waals surface area contributed by atoms with Crippen LogP contribution in [0.2, 0.25) is 0 Å². The number of hydrogen-bond acceptors (Lipinski definition) is 7. The number of benzene rings is 1. The first-order valence-corrected chi connectivity index (χ1v) is 6.97. The normalized spacial score (nSPS) is 10.0. The van der Waals surface area contributed by atoms with Gasteiger partial charge in [0.1, 0.15) is 0 Å². The van der Waals surface area contributed by atoms with Gasteiger partial charge in [0.25, 0.3) is 0 Å². The van der Waals surface area contributed by atoms with Crippen molar-refractivity contribution in [3.05, 3.63) is 17.7 Å². The second kappa shape index (κ2) is 12.5. The molecule has 0 spiro atoms. The van der Waals surface area contributed by atoms with Crippen LogP contribution in [0, 0.1) is 0 Å². The van der Waals surface area contributed by atoms with E-state index in [9.17, 15) is 4.79 Å². The molecule has 1 aromatic carbocycles. The summed E-state index contributed by atoms with van der Waals surface area (Å²) in [5, 5.41) is 35.0. The Morgan fingerprint density at radius 3 is 1.70 bits per heavy atom. The minimum atomic E-state index is -1.29. The Labute approximate surface area is 134 Å². The van der Waals surface area contributed by atoms with E-state index in [1.165, 1.54) is 0 Å². The van der Waals surface area contributed by atoms with Gasteiger partial charge >= 0.3 is 5.97 Å². The molecule has 0 aliphatic heterocycles. The Morgan fingerprint density at radius 2 is 1.35 bits per heavy atom. The zero-order valence-electron chi connectivity index (χ0n) is 13.3. The number of aromatic carboxylic acids is 1. The molecule has 0 atom stereocenters. The highest BCUT2D eigenvalue weighted by molar-refractivity contribution is 5.89. The Hall–Kier alpha value is -2.03. The van der Waals surface area contributed by atoms with Crippen LogP contribution in [0.4, 0.5) is 0 Å². The second-order valence-electron chi connectivity index (χ2n) is 4.47. The van der Waals surface area contributed by atoms with Gasteiger partial charge in [-0.25, -0.2) is 4.79 Å². The van der Waals surface area contributed by atoms with E-state index in [-0.39, 0.29) is 5.56 Å². The number of ether oxygens (including phenoxy) is 3. The van der Waals surface area contributed by atoms with Crippen LogP contribution < -0.4 is 0 Å². The van der Waals surface area contributed by atoms with Crippen molar-refractivity contribution in [3.63, 3.8) is 0 Å². The molecule has 4 N–H and O–H groups in total. The largest absolute Gasteiger partial charge is 0.504 e. The number of rotatable bonds is 9. The number of aromatic hydroxyl groups is 3. The topological polar surface area (TPSA) is 126 Å². The fourth-order valence-corrected chi connectivity index (χ4v) is 1.44. The summed E-state index contributed by atoms with van der Waals surface area (Å²) in [6.45, 7) is 3.14. The van der Waals surface area contributed by atoms with Crippen molar-refractivity contribution >= 4 is 5.97 Å². The van der Waals surface area contributed by atoms with E-state index >= 15 is 0 Å². The van der Waals surface area contributed by atoms with Crippen LogP contribution >= 0.6 is 0 Å². The standard InChI is InChI=1S/C8H18O3.C7H6O5/c1-9-5-3-7-11-8-4-6-10-2;8-4-1-3(7(11)12)2-5(9)6(4)10/h3-8H2,1-2H3;1-2,8-10H,(H,11,12). The van der Waals surface area contributed by atoms with Crippen molar-refractivity contribution in [3.8, 4) is 17.2 Å². The number of carboxylic acids is 1. The lowest BCUT2D eigenvalue weighted by atomic mass is 10.2. The molecule has 0 aromatic heterocycles. The Balaban J connectivity index is 0.000000423. The van der Waals surface area contributed by atoms with Crippen molar-refractivity contribution in [2.24, 2.45) is 0 Å². The molecular formula is C15H24O8. The van der Waals surface area contributed by atoms with Gasteiger partial charge in [0, 0.05) is 40.6 Å². The Bertz CT molecular complexity index is 430.